The van der Waals surface area contributed by atoms with E-state index >= 15 is 0 Å². The normalized spacial score (nSPS) is 10.8. The number of benzene rings is 5. The number of fused-ring (bicyclic) bond motifs is 1. The van der Waals surface area contributed by atoms with Gasteiger partial charge in [-0.2, -0.15) is 0 Å². The molecule has 0 saturated carbocycles. The van der Waals surface area contributed by atoms with Gasteiger partial charge in [-0.15, -0.1) is 0 Å². The fraction of sp³-hybridized carbons (Fsp3) is 0.114. The van der Waals surface area contributed by atoms with Gasteiger partial charge in [-0.3, -0.25) is 14.4 Å². The van der Waals surface area contributed by atoms with E-state index < -0.39 is 11.8 Å². The maximum atomic E-state index is 14.0. The number of carboxylic acids is 1. The standard InChI is InChI=1S/C35H29FN2O4/c1-37(32-16-8-10-25-9-2-3-11-27(25)32)34(41)30-14-6-4-12-28(30)29-13-5-7-15-31(29)35(42)38(22-21-33(39)40)23-24-17-19-26(36)20-18-24/h2-20H,21-23H2,1H3,(H,39,40). The van der Waals surface area contributed by atoms with E-state index in [-0.39, 0.29) is 31.3 Å². The van der Waals surface area contributed by atoms with Crippen molar-refractivity contribution >= 4 is 34.2 Å². The summed E-state index contributed by atoms with van der Waals surface area (Å²) in [5.41, 5.74) is 3.31. The minimum atomic E-state index is -1.03. The van der Waals surface area contributed by atoms with E-state index in [0.29, 0.717) is 27.8 Å². The van der Waals surface area contributed by atoms with Crippen molar-refractivity contribution in [1.29, 1.82) is 0 Å². The third kappa shape index (κ3) is 6.05. The number of rotatable bonds is 9. The molecule has 0 aliphatic heterocycles. The molecule has 5 aromatic carbocycles. The van der Waals surface area contributed by atoms with Crippen LogP contribution in [0.4, 0.5) is 10.1 Å². The molecule has 2 amide bonds. The highest BCUT2D eigenvalue weighted by atomic mass is 19.1. The molecular formula is C35H29FN2O4. The zero-order valence-electron chi connectivity index (χ0n) is 23.0. The van der Waals surface area contributed by atoms with E-state index in [1.165, 1.54) is 17.0 Å². The average Bonchev–Trinajstić information content (AvgIpc) is 3.02. The van der Waals surface area contributed by atoms with Crippen molar-refractivity contribution in [2.75, 3.05) is 18.5 Å². The number of anilines is 1. The molecule has 7 heteroatoms. The van der Waals surface area contributed by atoms with Crippen molar-refractivity contribution < 1.29 is 23.9 Å². The number of halogens is 1. The molecule has 5 aromatic rings. The maximum absolute atomic E-state index is 14.0. The topological polar surface area (TPSA) is 77.9 Å². The predicted octanol–water partition coefficient (Wildman–Crippen LogP) is 7.04. The first kappa shape index (κ1) is 28.2. The molecule has 1 N–H and O–H groups in total. The minimum absolute atomic E-state index is 0.0374. The lowest BCUT2D eigenvalue weighted by atomic mass is 9.93. The summed E-state index contributed by atoms with van der Waals surface area (Å²) in [4.78, 5) is 42.4. The van der Waals surface area contributed by atoms with Crippen LogP contribution in [0.5, 0.6) is 0 Å². The van der Waals surface area contributed by atoms with Gasteiger partial charge in [0.1, 0.15) is 5.82 Å². The fourth-order valence-corrected chi connectivity index (χ4v) is 5.06. The van der Waals surface area contributed by atoms with E-state index in [1.54, 1.807) is 66.5 Å². The van der Waals surface area contributed by atoms with Gasteiger partial charge in [0.2, 0.25) is 0 Å². The van der Waals surface area contributed by atoms with Gasteiger partial charge in [0.05, 0.1) is 12.1 Å². The Kier molecular flexibility index (Phi) is 8.39. The summed E-state index contributed by atoms with van der Waals surface area (Å²) < 4.78 is 13.5. The highest BCUT2D eigenvalue weighted by molar-refractivity contribution is 6.14. The van der Waals surface area contributed by atoms with Crippen molar-refractivity contribution in [3.8, 4) is 11.1 Å². The Labute approximate surface area is 243 Å². The number of amides is 2. The molecule has 5 rings (SSSR count). The maximum Gasteiger partial charge on any atom is 0.305 e. The first-order chi connectivity index (χ1) is 20.3. The Balaban J connectivity index is 1.52. The molecule has 6 nitrogen and oxygen atoms in total. The Morgan fingerprint density at radius 1 is 0.690 bits per heavy atom. The molecule has 0 fully saturated rings. The smallest absolute Gasteiger partial charge is 0.305 e. The highest BCUT2D eigenvalue weighted by Gasteiger charge is 2.24. The molecule has 0 atom stereocenters. The molecule has 0 radical (unpaired) electrons. The third-order valence-electron chi connectivity index (χ3n) is 7.21. The van der Waals surface area contributed by atoms with Crippen molar-refractivity contribution in [3.05, 3.63) is 138 Å². The molecular weight excluding hydrogens is 531 g/mol. The monoisotopic (exact) mass is 560 g/mol. The highest BCUT2D eigenvalue weighted by Crippen LogP contribution is 2.32. The second-order valence-electron chi connectivity index (χ2n) is 9.95. The number of carbonyl (C=O) groups excluding carboxylic acids is 2. The summed E-state index contributed by atoms with van der Waals surface area (Å²) >= 11 is 0. The average molecular weight is 561 g/mol. The molecule has 0 saturated heterocycles. The third-order valence-corrected chi connectivity index (χ3v) is 7.21. The molecule has 0 aliphatic carbocycles. The van der Waals surface area contributed by atoms with E-state index in [0.717, 1.165) is 16.5 Å². The fourth-order valence-electron chi connectivity index (χ4n) is 5.06. The first-order valence-electron chi connectivity index (χ1n) is 13.5. The zero-order valence-corrected chi connectivity index (χ0v) is 23.0. The Morgan fingerprint density at radius 2 is 1.26 bits per heavy atom. The van der Waals surface area contributed by atoms with E-state index in [9.17, 15) is 23.9 Å². The predicted molar refractivity (Wildman–Crippen MR) is 162 cm³/mol. The van der Waals surface area contributed by atoms with E-state index in [1.807, 2.05) is 48.5 Å². The van der Waals surface area contributed by atoms with Crippen LogP contribution < -0.4 is 4.90 Å². The van der Waals surface area contributed by atoms with Gasteiger partial charge in [0, 0.05) is 36.7 Å². The van der Waals surface area contributed by atoms with Crippen LogP contribution in [0, 0.1) is 5.82 Å². The molecule has 0 aliphatic rings. The molecule has 0 spiro atoms. The largest absolute Gasteiger partial charge is 0.481 e. The van der Waals surface area contributed by atoms with Gasteiger partial charge in [-0.25, -0.2) is 4.39 Å². The van der Waals surface area contributed by atoms with Crippen LogP contribution in [0.1, 0.15) is 32.7 Å². The number of carbonyl (C=O) groups is 3. The second kappa shape index (κ2) is 12.5. The van der Waals surface area contributed by atoms with Gasteiger partial charge in [0.15, 0.2) is 0 Å². The molecule has 0 heterocycles. The Bertz CT molecular complexity index is 1760. The van der Waals surface area contributed by atoms with Crippen LogP contribution in [0.3, 0.4) is 0 Å². The molecule has 42 heavy (non-hydrogen) atoms. The SMILES string of the molecule is CN(C(=O)c1ccccc1-c1ccccc1C(=O)N(CCC(=O)O)Cc1ccc(F)cc1)c1cccc2ccccc12. The summed E-state index contributed by atoms with van der Waals surface area (Å²) in [6, 6.07) is 33.5. The summed E-state index contributed by atoms with van der Waals surface area (Å²) in [5.74, 6) is -2.06. The summed E-state index contributed by atoms with van der Waals surface area (Å²) in [5, 5.41) is 11.3. The molecule has 0 aromatic heterocycles. The quantitative estimate of drug-likeness (QED) is 0.210. The van der Waals surface area contributed by atoms with Crippen LogP contribution in [-0.2, 0) is 11.3 Å². The molecule has 0 bridgehead atoms. The summed E-state index contributed by atoms with van der Waals surface area (Å²) in [6.07, 6.45) is -0.250. The molecule has 210 valence electrons. The van der Waals surface area contributed by atoms with Crippen LogP contribution in [0.15, 0.2) is 115 Å². The van der Waals surface area contributed by atoms with Crippen molar-refractivity contribution in [2.24, 2.45) is 0 Å². The van der Waals surface area contributed by atoms with Gasteiger partial charge < -0.3 is 14.9 Å². The number of nitrogens with zero attached hydrogens (tertiary/aromatic N) is 2. The number of aliphatic carboxylic acids is 1. The zero-order chi connectivity index (χ0) is 29.6. The lowest BCUT2D eigenvalue weighted by molar-refractivity contribution is -0.137. The van der Waals surface area contributed by atoms with Gasteiger partial charge in [-0.1, -0.05) is 84.9 Å². The lowest BCUT2D eigenvalue weighted by Gasteiger charge is -2.25. The minimum Gasteiger partial charge on any atom is -0.481 e. The van der Waals surface area contributed by atoms with Gasteiger partial charge in [0.25, 0.3) is 11.8 Å². The van der Waals surface area contributed by atoms with E-state index in [2.05, 4.69) is 0 Å². The lowest BCUT2D eigenvalue weighted by Crippen LogP contribution is -2.33. The summed E-state index contributed by atoms with van der Waals surface area (Å²) in [6.45, 7) is 0.0649. The number of hydrogen-bond donors (Lipinski definition) is 1. The number of carboxylic acid groups (broad SMARTS) is 1. The van der Waals surface area contributed by atoms with Gasteiger partial charge >= 0.3 is 5.97 Å². The van der Waals surface area contributed by atoms with Crippen LogP contribution in [-0.4, -0.2) is 41.4 Å². The first-order valence-corrected chi connectivity index (χ1v) is 13.5. The van der Waals surface area contributed by atoms with Gasteiger partial charge in [-0.05, 0) is 52.4 Å². The Morgan fingerprint density at radius 3 is 1.93 bits per heavy atom. The van der Waals surface area contributed by atoms with Crippen LogP contribution in [0.2, 0.25) is 0 Å². The van der Waals surface area contributed by atoms with E-state index in [4.69, 9.17) is 0 Å². The van der Waals surface area contributed by atoms with Crippen LogP contribution in [0.25, 0.3) is 21.9 Å². The molecule has 0 unspecified atom stereocenters. The second-order valence-corrected chi connectivity index (χ2v) is 9.95. The number of hydrogen-bond acceptors (Lipinski definition) is 3. The van der Waals surface area contributed by atoms with Crippen molar-refractivity contribution in [1.82, 2.24) is 4.90 Å². The van der Waals surface area contributed by atoms with Crippen LogP contribution >= 0.6 is 0 Å². The Hall–Kier alpha value is -5.30. The van der Waals surface area contributed by atoms with Crippen molar-refractivity contribution in [2.45, 2.75) is 13.0 Å². The van der Waals surface area contributed by atoms with Crippen molar-refractivity contribution in [3.63, 3.8) is 0 Å². The summed E-state index contributed by atoms with van der Waals surface area (Å²) in [7, 11) is 1.73.